The van der Waals surface area contributed by atoms with E-state index in [1.165, 1.54) is 0 Å². The molecular formula is C12H18N2O2. The predicted octanol–water partition coefficient (Wildman–Crippen LogP) is 0.934. The molecule has 4 nitrogen and oxygen atoms in total. The molecule has 1 heterocycles. The Morgan fingerprint density at radius 3 is 3.00 bits per heavy atom. The van der Waals surface area contributed by atoms with Gasteiger partial charge in [-0.15, -0.1) is 0 Å². The van der Waals surface area contributed by atoms with E-state index in [4.69, 9.17) is 10.5 Å². The van der Waals surface area contributed by atoms with Gasteiger partial charge in [0.15, 0.2) is 11.5 Å². The van der Waals surface area contributed by atoms with E-state index in [9.17, 15) is 5.11 Å². The lowest BCUT2D eigenvalue weighted by atomic mass is 10.1. The monoisotopic (exact) mass is 222 g/mol. The fraction of sp³-hybridized carbons (Fsp3) is 0.500. The zero-order valence-corrected chi connectivity index (χ0v) is 9.52. The second-order valence-electron chi connectivity index (χ2n) is 4.25. The highest BCUT2D eigenvalue weighted by Gasteiger charge is 2.20. The predicted molar refractivity (Wildman–Crippen MR) is 62.5 cm³/mol. The number of methoxy groups -OCH3 is 1. The molecule has 3 N–H and O–H groups in total. The van der Waals surface area contributed by atoms with Crippen molar-refractivity contribution in [1.82, 2.24) is 4.90 Å². The Labute approximate surface area is 95.6 Å². The van der Waals surface area contributed by atoms with Gasteiger partial charge in [-0.1, -0.05) is 12.1 Å². The van der Waals surface area contributed by atoms with Crippen molar-refractivity contribution in [3.8, 4) is 11.5 Å². The van der Waals surface area contributed by atoms with Crippen molar-refractivity contribution in [3.05, 3.63) is 23.8 Å². The van der Waals surface area contributed by atoms with Crippen LogP contribution in [0, 0.1) is 0 Å². The number of para-hydroxylation sites is 1. The number of ether oxygens (including phenoxy) is 1. The highest BCUT2D eigenvalue weighted by atomic mass is 16.5. The molecule has 88 valence electrons. The molecule has 1 saturated heterocycles. The van der Waals surface area contributed by atoms with Crippen LogP contribution in [-0.4, -0.2) is 36.2 Å². The fourth-order valence-corrected chi connectivity index (χ4v) is 2.11. The SMILES string of the molecule is COc1cccc(CN2CCC(N)C2)c1O. The topological polar surface area (TPSA) is 58.7 Å². The summed E-state index contributed by atoms with van der Waals surface area (Å²) in [5, 5.41) is 9.93. The maximum atomic E-state index is 9.93. The molecule has 1 aliphatic heterocycles. The third kappa shape index (κ3) is 2.28. The maximum absolute atomic E-state index is 9.93. The maximum Gasteiger partial charge on any atom is 0.162 e. The lowest BCUT2D eigenvalue weighted by Gasteiger charge is -2.16. The highest BCUT2D eigenvalue weighted by molar-refractivity contribution is 5.45. The Hall–Kier alpha value is -1.26. The zero-order valence-electron chi connectivity index (χ0n) is 9.52. The van der Waals surface area contributed by atoms with Crippen LogP contribution >= 0.6 is 0 Å². The number of nitrogens with zero attached hydrogens (tertiary/aromatic N) is 1. The van der Waals surface area contributed by atoms with Gasteiger partial charge < -0.3 is 15.6 Å². The van der Waals surface area contributed by atoms with E-state index >= 15 is 0 Å². The Bertz CT molecular complexity index is 368. The van der Waals surface area contributed by atoms with Gasteiger partial charge in [-0.25, -0.2) is 0 Å². The van der Waals surface area contributed by atoms with Gasteiger partial charge in [0.05, 0.1) is 7.11 Å². The molecule has 2 rings (SSSR count). The molecule has 0 bridgehead atoms. The standard InChI is InChI=1S/C12H18N2O2/c1-16-11-4-2-3-9(12(11)15)7-14-6-5-10(13)8-14/h2-4,10,15H,5-8,13H2,1H3. The summed E-state index contributed by atoms with van der Waals surface area (Å²) in [6.07, 6.45) is 1.03. The Balaban J connectivity index is 2.09. The first-order valence-electron chi connectivity index (χ1n) is 5.53. The van der Waals surface area contributed by atoms with Crippen molar-refractivity contribution in [3.63, 3.8) is 0 Å². The van der Waals surface area contributed by atoms with Gasteiger partial charge in [0.2, 0.25) is 0 Å². The Morgan fingerprint density at radius 2 is 2.38 bits per heavy atom. The van der Waals surface area contributed by atoms with Crippen LogP contribution in [0.25, 0.3) is 0 Å². The molecule has 1 aromatic carbocycles. The van der Waals surface area contributed by atoms with E-state index in [0.717, 1.165) is 31.6 Å². The number of hydrogen-bond donors (Lipinski definition) is 2. The largest absolute Gasteiger partial charge is 0.504 e. The normalized spacial score (nSPS) is 21.2. The molecule has 1 fully saturated rings. The summed E-state index contributed by atoms with van der Waals surface area (Å²) >= 11 is 0. The summed E-state index contributed by atoms with van der Waals surface area (Å²) in [6, 6.07) is 5.84. The number of rotatable bonds is 3. The van der Waals surface area contributed by atoms with Gasteiger partial charge in [-0.05, 0) is 12.5 Å². The molecule has 0 aromatic heterocycles. The number of likely N-dealkylation sites (tertiary alicyclic amines) is 1. The van der Waals surface area contributed by atoms with Gasteiger partial charge >= 0.3 is 0 Å². The number of phenols is 1. The summed E-state index contributed by atoms with van der Waals surface area (Å²) in [5.41, 5.74) is 6.74. The van der Waals surface area contributed by atoms with Crippen molar-refractivity contribution < 1.29 is 9.84 Å². The van der Waals surface area contributed by atoms with Gasteiger partial charge in [-0.3, -0.25) is 4.90 Å². The number of aromatic hydroxyl groups is 1. The number of benzene rings is 1. The molecule has 1 unspecified atom stereocenters. The second kappa shape index (κ2) is 4.72. The van der Waals surface area contributed by atoms with E-state index in [1.807, 2.05) is 12.1 Å². The van der Waals surface area contributed by atoms with Crippen LogP contribution in [-0.2, 0) is 6.54 Å². The van der Waals surface area contributed by atoms with E-state index < -0.39 is 0 Å². The molecule has 0 saturated carbocycles. The summed E-state index contributed by atoms with van der Waals surface area (Å²) in [7, 11) is 1.56. The van der Waals surface area contributed by atoms with E-state index in [-0.39, 0.29) is 11.8 Å². The van der Waals surface area contributed by atoms with E-state index in [1.54, 1.807) is 13.2 Å². The molecule has 1 aliphatic rings. The fourth-order valence-electron chi connectivity index (χ4n) is 2.11. The third-order valence-corrected chi connectivity index (χ3v) is 3.01. The number of phenolic OH excluding ortho intramolecular Hbond substituents is 1. The van der Waals surface area contributed by atoms with E-state index in [2.05, 4.69) is 4.90 Å². The van der Waals surface area contributed by atoms with Crippen LogP contribution < -0.4 is 10.5 Å². The van der Waals surface area contributed by atoms with Crippen molar-refractivity contribution in [1.29, 1.82) is 0 Å². The van der Waals surface area contributed by atoms with Crippen molar-refractivity contribution in [2.75, 3.05) is 20.2 Å². The first-order valence-corrected chi connectivity index (χ1v) is 5.53. The van der Waals surface area contributed by atoms with Crippen LogP contribution in [0.1, 0.15) is 12.0 Å². The van der Waals surface area contributed by atoms with Crippen molar-refractivity contribution in [2.24, 2.45) is 5.73 Å². The number of hydrogen-bond acceptors (Lipinski definition) is 4. The molecule has 1 aromatic rings. The minimum absolute atomic E-state index is 0.241. The van der Waals surface area contributed by atoms with Gasteiger partial charge in [0, 0.05) is 31.2 Å². The van der Waals surface area contributed by atoms with Gasteiger partial charge in [-0.2, -0.15) is 0 Å². The summed E-state index contributed by atoms with van der Waals surface area (Å²) in [4.78, 5) is 2.25. The van der Waals surface area contributed by atoms with Crippen LogP contribution in [0.2, 0.25) is 0 Å². The van der Waals surface area contributed by atoms with Crippen LogP contribution in [0.15, 0.2) is 18.2 Å². The zero-order chi connectivity index (χ0) is 11.5. The van der Waals surface area contributed by atoms with Gasteiger partial charge in [0.1, 0.15) is 0 Å². The quantitative estimate of drug-likeness (QED) is 0.799. The third-order valence-electron chi connectivity index (χ3n) is 3.01. The Kier molecular flexibility index (Phi) is 3.31. The second-order valence-corrected chi connectivity index (χ2v) is 4.25. The van der Waals surface area contributed by atoms with Crippen molar-refractivity contribution >= 4 is 0 Å². The molecule has 1 atom stereocenters. The molecular weight excluding hydrogens is 204 g/mol. The van der Waals surface area contributed by atoms with Crippen LogP contribution in [0.3, 0.4) is 0 Å². The number of nitrogens with two attached hydrogens (primary N) is 1. The van der Waals surface area contributed by atoms with Crippen molar-refractivity contribution in [2.45, 2.75) is 19.0 Å². The molecule has 4 heteroatoms. The minimum atomic E-state index is 0.241. The average molecular weight is 222 g/mol. The summed E-state index contributed by atoms with van der Waals surface area (Å²) in [6.45, 7) is 2.63. The molecule has 0 amide bonds. The average Bonchev–Trinajstić information content (AvgIpc) is 2.67. The smallest absolute Gasteiger partial charge is 0.162 e. The summed E-state index contributed by atoms with van der Waals surface area (Å²) < 4.78 is 5.08. The lowest BCUT2D eigenvalue weighted by Crippen LogP contribution is -2.26. The van der Waals surface area contributed by atoms with Crippen LogP contribution in [0.5, 0.6) is 11.5 Å². The lowest BCUT2D eigenvalue weighted by molar-refractivity contribution is 0.314. The first kappa shape index (κ1) is 11.2. The molecule has 0 aliphatic carbocycles. The Morgan fingerprint density at radius 1 is 1.56 bits per heavy atom. The molecule has 16 heavy (non-hydrogen) atoms. The molecule has 0 radical (unpaired) electrons. The highest BCUT2D eigenvalue weighted by Crippen LogP contribution is 2.30. The minimum Gasteiger partial charge on any atom is -0.504 e. The first-order chi connectivity index (χ1) is 7.70. The molecule has 0 spiro atoms. The summed E-state index contributed by atoms with van der Waals surface area (Å²) in [5.74, 6) is 0.770. The van der Waals surface area contributed by atoms with Crippen LogP contribution in [0.4, 0.5) is 0 Å². The van der Waals surface area contributed by atoms with E-state index in [0.29, 0.717) is 5.75 Å². The van der Waals surface area contributed by atoms with Gasteiger partial charge in [0.25, 0.3) is 0 Å².